The average Bonchev–Trinajstić information content (AvgIpc) is 2.47. The molecule has 0 fully saturated rings. The van der Waals surface area contributed by atoms with Gasteiger partial charge >= 0.3 is 0 Å². The van der Waals surface area contributed by atoms with Crippen molar-refractivity contribution in [3.05, 3.63) is 81.3 Å². The minimum absolute atomic E-state index is 0.0350. The van der Waals surface area contributed by atoms with Crippen LogP contribution in [-0.4, -0.2) is 0 Å². The van der Waals surface area contributed by atoms with Gasteiger partial charge in [0.15, 0.2) is 0 Å². The maximum Gasteiger partial charge on any atom is 0.0665 e. The van der Waals surface area contributed by atoms with Crippen molar-refractivity contribution in [2.24, 2.45) is 0 Å². The number of halogens is 3. The van der Waals surface area contributed by atoms with E-state index in [2.05, 4.69) is 59.3 Å². The first-order chi connectivity index (χ1) is 10.1. The third-order valence-corrected chi connectivity index (χ3v) is 5.23. The number of hydrogen-bond donors (Lipinski definition) is 0. The van der Waals surface area contributed by atoms with Crippen molar-refractivity contribution in [2.75, 3.05) is 0 Å². The Labute approximate surface area is 142 Å². The molecule has 0 amide bonds. The van der Waals surface area contributed by atoms with Crippen LogP contribution in [0.25, 0.3) is 10.8 Å². The van der Waals surface area contributed by atoms with Gasteiger partial charge < -0.3 is 0 Å². The Hall–Kier alpha value is -1.02. The molecule has 0 spiro atoms. The van der Waals surface area contributed by atoms with Crippen LogP contribution in [0.1, 0.15) is 21.5 Å². The van der Waals surface area contributed by atoms with Crippen LogP contribution in [0.2, 0.25) is 10.0 Å². The number of hydrogen-bond acceptors (Lipinski definition) is 0. The van der Waals surface area contributed by atoms with E-state index in [4.69, 9.17) is 23.2 Å². The van der Waals surface area contributed by atoms with Gasteiger partial charge in [0.05, 0.1) is 4.83 Å². The molecule has 0 heterocycles. The Bertz CT molecular complexity index is 811. The first-order valence-electron chi connectivity index (χ1n) is 6.65. The second-order valence-corrected chi connectivity index (χ2v) is 6.80. The fraction of sp³-hybridized carbons (Fsp3) is 0.111. The van der Waals surface area contributed by atoms with Crippen LogP contribution in [0.3, 0.4) is 0 Å². The van der Waals surface area contributed by atoms with E-state index in [1.165, 1.54) is 21.9 Å². The third-order valence-electron chi connectivity index (χ3n) is 3.68. The van der Waals surface area contributed by atoms with E-state index in [0.29, 0.717) is 10.0 Å². The molecule has 3 heteroatoms. The van der Waals surface area contributed by atoms with Crippen molar-refractivity contribution >= 4 is 49.9 Å². The molecule has 106 valence electrons. The highest BCUT2D eigenvalue weighted by Crippen LogP contribution is 2.39. The summed E-state index contributed by atoms with van der Waals surface area (Å²) in [7, 11) is 0. The summed E-state index contributed by atoms with van der Waals surface area (Å²) in [4.78, 5) is 0.0350. The lowest BCUT2D eigenvalue weighted by Gasteiger charge is -2.16. The van der Waals surface area contributed by atoms with E-state index in [-0.39, 0.29) is 4.83 Å². The highest BCUT2D eigenvalue weighted by atomic mass is 79.9. The van der Waals surface area contributed by atoms with Crippen molar-refractivity contribution in [1.82, 2.24) is 0 Å². The van der Waals surface area contributed by atoms with Crippen LogP contribution in [0, 0.1) is 6.92 Å². The Morgan fingerprint density at radius 2 is 1.52 bits per heavy atom. The van der Waals surface area contributed by atoms with Crippen molar-refractivity contribution in [1.29, 1.82) is 0 Å². The smallest absolute Gasteiger partial charge is 0.0665 e. The van der Waals surface area contributed by atoms with Crippen LogP contribution < -0.4 is 0 Å². The van der Waals surface area contributed by atoms with E-state index >= 15 is 0 Å². The summed E-state index contributed by atoms with van der Waals surface area (Å²) < 4.78 is 0. The Balaban J connectivity index is 2.18. The fourth-order valence-corrected chi connectivity index (χ4v) is 4.02. The monoisotopic (exact) mass is 378 g/mol. The highest BCUT2D eigenvalue weighted by molar-refractivity contribution is 9.09. The average molecular weight is 380 g/mol. The molecule has 0 aliphatic rings. The normalized spacial score (nSPS) is 12.6. The van der Waals surface area contributed by atoms with Gasteiger partial charge in [-0.15, -0.1) is 0 Å². The second-order valence-electron chi connectivity index (χ2n) is 5.05. The zero-order chi connectivity index (χ0) is 15.0. The summed E-state index contributed by atoms with van der Waals surface area (Å²) in [6.07, 6.45) is 0. The molecule has 0 radical (unpaired) electrons. The minimum atomic E-state index is 0.0350. The van der Waals surface area contributed by atoms with Gasteiger partial charge in [0.1, 0.15) is 0 Å². The van der Waals surface area contributed by atoms with E-state index in [9.17, 15) is 0 Å². The third kappa shape index (κ3) is 2.83. The van der Waals surface area contributed by atoms with Crippen LogP contribution in [0.4, 0.5) is 0 Å². The van der Waals surface area contributed by atoms with Crippen LogP contribution in [0.5, 0.6) is 0 Å². The Morgan fingerprint density at radius 3 is 2.24 bits per heavy atom. The quantitative estimate of drug-likeness (QED) is 0.423. The largest absolute Gasteiger partial charge is 0.0843 e. The molecular formula is C18H13BrCl2. The molecule has 0 bridgehead atoms. The molecule has 3 aromatic carbocycles. The van der Waals surface area contributed by atoms with E-state index < -0.39 is 0 Å². The van der Waals surface area contributed by atoms with E-state index in [1.807, 2.05) is 12.1 Å². The maximum absolute atomic E-state index is 6.34. The SMILES string of the molecule is Cc1ccc(C(Br)c2ccc(Cl)cc2Cl)c2ccccc12. The Morgan fingerprint density at radius 1 is 0.857 bits per heavy atom. The van der Waals surface area contributed by atoms with Crippen molar-refractivity contribution in [3.63, 3.8) is 0 Å². The number of aryl methyl sites for hydroxylation is 1. The predicted octanol–water partition coefficient (Wildman–Crippen LogP) is 6.94. The summed E-state index contributed by atoms with van der Waals surface area (Å²) in [5.41, 5.74) is 3.51. The van der Waals surface area contributed by atoms with Crippen molar-refractivity contribution < 1.29 is 0 Å². The lowest BCUT2D eigenvalue weighted by molar-refractivity contribution is 1.19. The van der Waals surface area contributed by atoms with Gasteiger partial charge in [-0.1, -0.05) is 81.6 Å². The molecule has 0 nitrogen and oxygen atoms in total. The summed E-state index contributed by atoms with van der Waals surface area (Å²) in [5, 5.41) is 3.83. The van der Waals surface area contributed by atoms with Gasteiger partial charge in [0.2, 0.25) is 0 Å². The van der Waals surface area contributed by atoms with Gasteiger partial charge in [-0.05, 0) is 46.5 Å². The molecule has 1 unspecified atom stereocenters. The Kier molecular flexibility index (Phi) is 4.26. The molecule has 21 heavy (non-hydrogen) atoms. The first kappa shape index (κ1) is 14.9. The number of alkyl halides is 1. The summed E-state index contributed by atoms with van der Waals surface area (Å²) in [5.74, 6) is 0. The lowest BCUT2D eigenvalue weighted by Crippen LogP contribution is -1.96. The molecule has 0 saturated carbocycles. The molecule has 3 rings (SSSR count). The van der Waals surface area contributed by atoms with Gasteiger partial charge in [-0.25, -0.2) is 0 Å². The molecular weight excluding hydrogens is 367 g/mol. The fourth-order valence-electron chi connectivity index (χ4n) is 2.57. The van der Waals surface area contributed by atoms with Gasteiger partial charge in [0.25, 0.3) is 0 Å². The standard InChI is InChI=1S/C18H13BrCl2/c1-11-6-8-15(14-5-3-2-4-13(11)14)18(19)16-9-7-12(20)10-17(16)21/h2-10,18H,1H3. The molecule has 0 saturated heterocycles. The zero-order valence-electron chi connectivity index (χ0n) is 11.4. The number of benzene rings is 3. The molecule has 0 aromatic heterocycles. The van der Waals surface area contributed by atoms with Gasteiger partial charge in [0, 0.05) is 10.0 Å². The topological polar surface area (TPSA) is 0 Å². The van der Waals surface area contributed by atoms with Crippen molar-refractivity contribution in [2.45, 2.75) is 11.8 Å². The maximum atomic E-state index is 6.34. The molecule has 0 aliphatic carbocycles. The van der Waals surface area contributed by atoms with Gasteiger partial charge in [-0.3, -0.25) is 0 Å². The van der Waals surface area contributed by atoms with Crippen molar-refractivity contribution in [3.8, 4) is 0 Å². The summed E-state index contributed by atoms with van der Waals surface area (Å²) >= 11 is 16.1. The first-order valence-corrected chi connectivity index (χ1v) is 8.32. The number of fused-ring (bicyclic) bond motifs is 1. The minimum Gasteiger partial charge on any atom is -0.0843 e. The molecule has 0 N–H and O–H groups in total. The summed E-state index contributed by atoms with van der Waals surface area (Å²) in [6.45, 7) is 2.13. The van der Waals surface area contributed by atoms with Crippen LogP contribution >= 0.6 is 39.1 Å². The van der Waals surface area contributed by atoms with E-state index in [1.54, 1.807) is 6.07 Å². The van der Waals surface area contributed by atoms with E-state index in [0.717, 1.165) is 5.56 Å². The predicted molar refractivity (Wildman–Crippen MR) is 95.9 cm³/mol. The lowest BCUT2D eigenvalue weighted by atomic mass is 9.96. The molecule has 0 aliphatic heterocycles. The molecule has 1 atom stereocenters. The summed E-state index contributed by atoms with van der Waals surface area (Å²) in [6, 6.07) is 18.4. The number of rotatable bonds is 2. The van der Waals surface area contributed by atoms with Crippen LogP contribution in [-0.2, 0) is 0 Å². The molecule has 3 aromatic rings. The zero-order valence-corrected chi connectivity index (χ0v) is 14.5. The van der Waals surface area contributed by atoms with Gasteiger partial charge in [-0.2, -0.15) is 0 Å². The highest BCUT2D eigenvalue weighted by Gasteiger charge is 2.17. The second kappa shape index (κ2) is 6.00. The van der Waals surface area contributed by atoms with Crippen LogP contribution in [0.15, 0.2) is 54.6 Å².